The van der Waals surface area contributed by atoms with Crippen LogP contribution >= 0.6 is 11.8 Å². The largest absolute Gasteiger partial charge is 0.481 e. The summed E-state index contributed by atoms with van der Waals surface area (Å²) in [5.74, 6) is 4.05. The molecule has 3 rings (SSSR count). The molecule has 0 unspecified atom stereocenters. The number of ether oxygens (including phenoxy) is 1. The summed E-state index contributed by atoms with van der Waals surface area (Å²) in [5.41, 5.74) is 1.61. The van der Waals surface area contributed by atoms with Gasteiger partial charge in [-0.2, -0.15) is 11.8 Å². The van der Waals surface area contributed by atoms with E-state index in [-0.39, 0.29) is 6.42 Å². The highest BCUT2D eigenvalue weighted by atomic mass is 32.2. The van der Waals surface area contributed by atoms with Crippen LogP contribution in [0, 0.1) is 17.8 Å². The molecular weight excluding hydrogens is 344 g/mol. The Labute approximate surface area is 162 Å². The van der Waals surface area contributed by atoms with Crippen LogP contribution in [-0.4, -0.2) is 34.8 Å². The number of hydrogen-bond donors (Lipinski definition) is 1. The SMILES string of the molecule is CC(=CCCSC[C@H]1[C@@H](C/C=C\CCCC(=O)O)[C@H]2CC[C@@H]1O2)C1CC1. The first kappa shape index (κ1) is 20.0. The van der Waals surface area contributed by atoms with Crippen molar-refractivity contribution >= 4 is 17.7 Å². The molecule has 0 radical (unpaired) electrons. The van der Waals surface area contributed by atoms with E-state index in [2.05, 4.69) is 36.9 Å². The lowest BCUT2D eigenvalue weighted by Gasteiger charge is -2.27. The van der Waals surface area contributed by atoms with Crippen LogP contribution in [-0.2, 0) is 9.53 Å². The summed E-state index contributed by atoms with van der Waals surface area (Å²) < 4.78 is 6.21. The average Bonchev–Trinajstić information content (AvgIpc) is 3.29. The fraction of sp³-hybridized carbons (Fsp3) is 0.773. The van der Waals surface area contributed by atoms with Crippen molar-refractivity contribution in [2.45, 2.75) is 76.9 Å². The summed E-state index contributed by atoms with van der Waals surface area (Å²) in [6.45, 7) is 2.30. The minimum atomic E-state index is -0.695. The second-order valence-electron chi connectivity index (χ2n) is 8.20. The maximum absolute atomic E-state index is 10.5. The number of aliphatic carboxylic acids is 1. The molecule has 0 aromatic rings. The van der Waals surface area contributed by atoms with Crippen LogP contribution < -0.4 is 0 Å². The smallest absolute Gasteiger partial charge is 0.303 e. The Morgan fingerprint density at radius 1 is 1.12 bits per heavy atom. The first-order chi connectivity index (χ1) is 12.6. The third kappa shape index (κ3) is 5.88. The summed E-state index contributed by atoms with van der Waals surface area (Å²) >= 11 is 2.10. The summed E-state index contributed by atoms with van der Waals surface area (Å²) in [5, 5.41) is 8.68. The molecule has 2 heterocycles. The molecule has 0 spiro atoms. The molecule has 2 saturated heterocycles. The van der Waals surface area contributed by atoms with E-state index >= 15 is 0 Å². The summed E-state index contributed by atoms with van der Waals surface area (Å²) in [6, 6.07) is 0. The lowest BCUT2D eigenvalue weighted by atomic mass is 9.78. The first-order valence-corrected chi connectivity index (χ1v) is 11.6. The molecule has 3 nitrogen and oxygen atoms in total. The molecule has 2 bridgehead atoms. The molecule has 0 aromatic heterocycles. The molecule has 4 heteroatoms. The van der Waals surface area contributed by atoms with Crippen LogP contribution in [0.15, 0.2) is 23.8 Å². The van der Waals surface area contributed by atoms with Crippen molar-refractivity contribution in [3.05, 3.63) is 23.8 Å². The number of allylic oxidation sites excluding steroid dienone is 4. The van der Waals surface area contributed by atoms with Crippen LogP contribution in [0.2, 0.25) is 0 Å². The molecule has 1 saturated carbocycles. The Balaban J connectivity index is 1.35. The topological polar surface area (TPSA) is 46.5 Å². The number of thioether (sulfide) groups is 1. The van der Waals surface area contributed by atoms with E-state index in [1.54, 1.807) is 5.57 Å². The van der Waals surface area contributed by atoms with E-state index in [9.17, 15) is 4.79 Å². The maximum Gasteiger partial charge on any atom is 0.303 e. The van der Waals surface area contributed by atoms with Crippen LogP contribution in [0.25, 0.3) is 0 Å². The fourth-order valence-corrected chi connectivity index (χ4v) is 5.65. The molecule has 3 fully saturated rings. The van der Waals surface area contributed by atoms with Gasteiger partial charge in [-0.15, -0.1) is 0 Å². The van der Waals surface area contributed by atoms with E-state index in [1.165, 1.54) is 43.6 Å². The third-order valence-electron chi connectivity index (χ3n) is 6.19. The molecule has 0 aromatic carbocycles. The molecule has 1 N–H and O–H groups in total. The zero-order valence-corrected chi connectivity index (χ0v) is 16.9. The van der Waals surface area contributed by atoms with Gasteiger partial charge in [0.05, 0.1) is 12.2 Å². The molecule has 1 aliphatic carbocycles. The molecule has 0 amide bonds. The Morgan fingerprint density at radius 2 is 1.88 bits per heavy atom. The monoisotopic (exact) mass is 378 g/mol. The fourth-order valence-electron chi connectivity index (χ4n) is 4.47. The average molecular weight is 379 g/mol. The van der Waals surface area contributed by atoms with Gasteiger partial charge >= 0.3 is 5.97 Å². The van der Waals surface area contributed by atoms with Crippen molar-refractivity contribution < 1.29 is 14.6 Å². The molecule has 2 aliphatic heterocycles. The van der Waals surface area contributed by atoms with E-state index < -0.39 is 5.97 Å². The van der Waals surface area contributed by atoms with E-state index in [0.29, 0.717) is 24.0 Å². The molecule has 146 valence electrons. The van der Waals surface area contributed by atoms with Gasteiger partial charge in [-0.25, -0.2) is 0 Å². The Morgan fingerprint density at radius 3 is 2.62 bits per heavy atom. The molecule has 3 aliphatic rings. The normalized spacial score (nSPS) is 31.2. The van der Waals surface area contributed by atoms with Crippen molar-refractivity contribution in [2.75, 3.05) is 11.5 Å². The Bertz CT molecular complexity index is 523. The number of carbonyl (C=O) groups is 1. The summed E-state index contributed by atoms with van der Waals surface area (Å²) in [4.78, 5) is 10.5. The van der Waals surface area contributed by atoms with Crippen molar-refractivity contribution in [1.82, 2.24) is 0 Å². The highest BCUT2D eigenvalue weighted by Crippen LogP contribution is 2.46. The third-order valence-corrected chi connectivity index (χ3v) is 7.33. The minimum Gasteiger partial charge on any atom is -0.481 e. The second-order valence-corrected chi connectivity index (χ2v) is 9.35. The van der Waals surface area contributed by atoms with Gasteiger partial charge < -0.3 is 9.84 Å². The van der Waals surface area contributed by atoms with Crippen molar-refractivity contribution in [2.24, 2.45) is 17.8 Å². The highest BCUT2D eigenvalue weighted by molar-refractivity contribution is 7.99. The summed E-state index contributed by atoms with van der Waals surface area (Å²) in [6.07, 6.45) is 17.3. The molecule has 26 heavy (non-hydrogen) atoms. The predicted octanol–water partition coefficient (Wildman–Crippen LogP) is 5.46. The van der Waals surface area contributed by atoms with E-state index in [1.807, 2.05) is 0 Å². The quantitative estimate of drug-likeness (QED) is 0.362. The van der Waals surface area contributed by atoms with Gasteiger partial charge in [0.25, 0.3) is 0 Å². The Kier molecular flexibility index (Phi) is 7.68. The van der Waals surface area contributed by atoms with Crippen LogP contribution in [0.1, 0.15) is 64.7 Å². The lowest BCUT2D eigenvalue weighted by molar-refractivity contribution is -0.137. The standard InChI is InChI=1S/C22H34O3S/c1-16(17-10-11-17)7-6-14-26-15-19-18(20-12-13-21(19)25-20)8-4-2-3-5-9-22(23)24/h2,4,7,17-21H,3,5-6,8-15H2,1H3,(H,23,24)/b4-2-,16-7?/t18-,19+,20-,21+/m1/s1. The lowest BCUT2D eigenvalue weighted by Crippen LogP contribution is -2.28. The van der Waals surface area contributed by atoms with E-state index in [4.69, 9.17) is 9.84 Å². The van der Waals surface area contributed by atoms with Crippen LogP contribution in [0.5, 0.6) is 0 Å². The van der Waals surface area contributed by atoms with Crippen LogP contribution in [0.3, 0.4) is 0 Å². The van der Waals surface area contributed by atoms with Gasteiger partial charge in [0.1, 0.15) is 0 Å². The number of carboxylic acid groups (broad SMARTS) is 1. The number of carboxylic acids is 1. The first-order valence-electron chi connectivity index (χ1n) is 10.4. The number of rotatable bonds is 12. The van der Waals surface area contributed by atoms with Gasteiger partial charge in [-0.3, -0.25) is 4.79 Å². The predicted molar refractivity (Wildman–Crippen MR) is 109 cm³/mol. The van der Waals surface area contributed by atoms with Crippen LogP contribution in [0.4, 0.5) is 0 Å². The van der Waals surface area contributed by atoms with Gasteiger partial charge in [0.15, 0.2) is 0 Å². The van der Waals surface area contributed by atoms with Gasteiger partial charge in [-0.05, 0) is 87.5 Å². The maximum atomic E-state index is 10.5. The van der Waals surface area contributed by atoms with Gasteiger partial charge in [-0.1, -0.05) is 23.8 Å². The zero-order valence-electron chi connectivity index (χ0n) is 16.1. The minimum absolute atomic E-state index is 0.273. The number of unbranched alkanes of at least 4 members (excludes halogenated alkanes) is 1. The van der Waals surface area contributed by atoms with Crippen molar-refractivity contribution in [3.63, 3.8) is 0 Å². The Hall–Kier alpha value is -0.740. The molecular formula is C22H34O3S. The number of fused-ring (bicyclic) bond motifs is 2. The second kappa shape index (κ2) is 9.98. The van der Waals surface area contributed by atoms with Gasteiger partial charge in [0, 0.05) is 6.42 Å². The molecule has 4 atom stereocenters. The van der Waals surface area contributed by atoms with Crippen molar-refractivity contribution in [1.29, 1.82) is 0 Å². The van der Waals surface area contributed by atoms with Gasteiger partial charge in [0.2, 0.25) is 0 Å². The summed E-state index contributed by atoms with van der Waals surface area (Å²) in [7, 11) is 0. The zero-order chi connectivity index (χ0) is 18.4. The van der Waals surface area contributed by atoms with E-state index in [0.717, 1.165) is 25.2 Å². The van der Waals surface area contributed by atoms with Crippen molar-refractivity contribution in [3.8, 4) is 0 Å². The highest BCUT2D eigenvalue weighted by Gasteiger charge is 2.47. The number of hydrogen-bond acceptors (Lipinski definition) is 3.